The number of hydrogen-bond donors (Lipinski definition) is 1. The van der Waals surface area contributed by atoms with Gasteiger partial charge >= 0.3 is 17.8 Å². The van der Waals surface area contributed by atoms with Gasteiger partial charge in [0.15, 0.2) is 29.9 Å². The van der Waals surface area contributed by atoms with Crippen molar-refractivity contribution in [3.05, 3.63) is 122 Å². The Morgan fingerprint density at radius 3 is 2.40 bits per heavy atom. The summed E-state index contributed by atoms with van der Waals surface area (Å²) in [6.45, 7) is 0.593. The van der Waals surface area contributed by atoms with Crippen LogP contribution in [-0.2, 0) is 40.1 Å². The van der Waals surface area contributed by atoms with Crippen LogP contribution in [0.1, 0.15) is 34.4 Å². The molecule has 0 aliphatic carbocycles. The first-order chi connectivity index (χ1) is 23.3. The molecule has 1 fully saturated rings. The van der Waals surface area contributed by atoms with Gasteiger partial charge in [-0.25, -0.2) is 19.4 Å². The molecule has 2 amide bonds. The van der Waals surface area contributed by atoms with E-state index in [0.29, 0.717) is 0 Å². The number of carbonyl (C=O) groups excluding carboxylic acids is 4. The fourth-order valence-electron chi connectivity index (χ4n) is 4.80. The summed E-state index contributed by atoms with van der Waals surface area (Å²) in [6, 6.07) is 17.5. The van der Waals surface area contributed by atoms with Gasteiger partial charge in [-0.1, -0.05) is 65.8 Å². The molecular weight excluding hydrogens is 665 g/mol. The topological polar surface area (TPSA) is 180 Å². The number of nitrogens with one attached hydrogen (secondary N) is 1. The van der Waals surface area contributed by atoms with Crippen molar-refractivity contribution in [2.75, 3.05) is 12.4 Å². The van der Waals surface area contributed by atoms with Gasteiger partial charge in [0.25, 0.3) is 11.8 Å². The third-order valence-corrected chi connectivity index (χ3v) is 9.09. The van der Waals surface area contributed by atoms with E-state index in [4.69, 9.17) is 23.1 Å². The number of oxime groups is 1. The van der Waals surface area contributed by atoms with Gasteiger partial charge in [0.05, 0.1) is 11.1 Å². The molecule has 6 rings (SSSR count). The van der Waals surface area contributed by atoms with Crippen LogP contribution in [0.15, 0.2) is 102 Å². The van der Waals surface area contributed by atoms with Crippen LogP contribution >= 0.6 is 23.1 Å². The maximum Gasteiger partial charge on any atom is 0.519 e. The summed E-state index contributed by atoms with van der Waals surface area (Å²) in [5.74, 6) is -3.05. The first-order valence-electron chi connectivity index (χ1n) is 14.4. The van der Waals surface area contributed by atoms with Crippen molar-refractivity contribution in [3.63, 3.8) is 0 Å². The van der Waals surface area contributed by atoms with Crippen molar-refractivity contribution in [2.24, 2.45) is 5.16 Å². The van der Waals surface area contributed by atoms with Crippen molar-refractivity contribution in [3.8, 4) is 0 Å². The van der Waals surface area contributed by atoms with E-state index < -0.39 is 53.7 Å². The number of β-lactam (4-membered cyclic amide) rings is 1. The average molecular weight is 691 g/mol. The zero-order valence-electron chi connectivity index (χ0n) is 25.1. The van der Waals surface area contributed by atoms with Gasteiger partial charge in [0, 0.05) is 17.3 Å². The van der Waals surface area contributed by atoms with Gasteiger partial charge in [0.1, 0.15) is 17.1 Å². The van der Waals surface area contributed by atoms with E-state index in [-0.39, 0.29) is 40.9 Å². The fraction of sp³-hybridized carbons (Fsp3) is 0.219. The predicted molar refractivity (Wildman–Crippen MR) is 170 cm³/mol. The third kappa shape index (κ3) is 7.24. The Morgan fingerprint density at radius 2 is 1.77 bits per heavy atom. The monoisotopic (exact) mass is 690 g/mol. The Balaban J connectivity index is 1.07. The zero-order chi connectivity index (χ0) is 33.6. The highest BCUT2D eigenvalue weighted by Gasteiger charge is 2.50. The Labute approximate surface area is 280 Å². The number of nitrogens with zero attached hydrogens (tertiary/aromatic N) is 3. The van der Waals surface area contributed by atoms with Crippen LogP contribution < -0.4 is 11.1 Å². The lowest BCUT2D eigenvalue weighted by Gasteiger charge is -2.47. The Morgan fingerprint density at radius 1 is 1.06 bits per heavy atom. The van der Waals surface area contributed by atoms with E-state index in [2.05, 4.69) is 15.5 Å². The number of esters is 2. The largest absolute Gasteiger partial charge is 0.519 e. The van der Waals surface area contributed by atoms with Crippen molar-refractivity contribution < 1.29 is 42.3 Å². The summed E-state index contributed by atoms with van der Waals surface area (Å²) < 4.78 is 20.5. The van der Waals surface area contributed by atoms with E-state index in [0.717, 1.165) is 11.1 Å². The number of thioether (sulfide) groups is 1. The average Bonchev–Trinajstić information content (AvgIpc) is 3.76. The number of amides is 2. The molecule has 14 nitrogen and oxygen atoms in total. The highest BCUT2D eigenvalue weighted by atomic mass is 32.2. The zero-order valence-corrected chi connectivity index (χ0v) is 26.7. The van der Waals surface area contributed by atoms with Crippen LogP contribution in [0.4, 0.5) is 0 Å². The smallest absolute Gasteiger partial charge is 0.454 e. The molecule has 2 aliphatic heterocycles. The van der Waals surface area contributed by atoms with E-state index in [1.165, 1.54) is 46.6 Å². The van der Waals surface area contributed by atoms with Gasteiger partial charge in [-0.2, -0.15) is 0 Å². The number of carbonyl (C=O) groups is 4. The summed E-state index contributed by atoms with van der Waals surface area (Å²) >= 11 is 2.47. The van der Waals surface area contributed by atoms with Gasteiger partial charge < -0.3 is 33.4 Å². The Hall–Kier alpha value is -5.48. The van der Waals surface area contributed by atoms with E-state index >= 15 is 0 Å². The molecule has 0 radical (unpaired) electrons. The minimum absolute atomic E-state index is 0.0834. The van der Waals surface area contributed by atoms with Crippen LogP contribution in [0.2, 0.25) is 0 Å². The molecule has 2 aromatic heterocycles. The van der Waals surface area contributed by atoms with Crippen LogP contribution in [0.5, 0.6) is 0 Å². The van der Waals surface area contributed by atoms with Crippen molar-refractivity contribution in [1.29, 1.82) is 0 Å². The second kappa shape index (κ2) is 14.5. The Kier molecular flexibility index (Phi) is 9.82. The quantitative estimate of drug-likeness (QED) is 0.0995. The number of hydrogen-bond acceptors (Lipinski definition) is 14. The van der Waals surface area contributed by atoms with E-state index in [1.54, 1.807) is 5.38 Å². The second-order valence-corrected chi connectivity index (χ2v) is 12.2. The molecule has 0 saturated carbocycles. The highest BCUT2D eigenvalue weighted by Crippen LogP contribution is 2.36. The molecule has 2 aliphatic rings. The summed E-state index contributed by atoms with van der Waals surface area (Å²) in [6.07, 6.45) is 0.684. The first-order valence-corrected chi connectivity index (χ1v) is 16.4. The summed E-state index contributed by atoms with van der Waals surface area (Å²) in [5.41, 5.74) is 3.19. The molecule has 1 N–H and O–H groups in total. The number of rotatable bonds is 12. The maximum atomic E-state index is 13.3. The van der Waals surface area contributed by atoms with Crippen LogP contribution in [0.25, 0.3) is 0 Å². The minimum Gasteiger partial charge on any atom is -0.454 e. The molecule has 48 heavy (non-hydrogen) atoms. The van der Waals surface area contributed by atoms with E-state index in [9.17, 15) is 24.0 Å². The number of aryl methyl sites for hydroxylation is 1. The molecular formula is C32H26N4O10S2. The number of thiazole rings is 1. The molecule has 2 aromatic carbocycles. The van der Waals surface area contributed by atoms with Gasteiger partial charge in [0.2, 0.25) is 6.61 Å². The number of benzene rings is 2. The highest BCUT2D eigenvalue weighted by molar-refractivity contribution is 8.00. The molecule has 246 valence electrons. The van der Waals surface area contributed by atoms with Crippen molar-refractivity contribution in [2.45, 2.75) is 31.1 Å². The van der Waals surface area contributed by atoms with Crippen molar-refractivity contribution in [1.82, 2.24) is 15.2 Å². The molecule has 4 heterocycles. The number of aromatic nitrogens is 1. The van der Waals surface area contributed by atoms with Crippen LogP contribution in [0.3, 0.4) is 0 Å². The van der Waals surface area contributed by atoms with Gasteiger partial charge in [-0.3, -0.25) is 9.59 Å². The number of fused-ring (bicyclic) bond motifs is 1. The lowest BCUT2D eigenvalue weighted by molar-refractivity contribution is -0.153. The molecule has 2 atom stereocenters. The summed E-state index contributed by atoms with van der Waals surface area (Å²) in [4.78, 5) is 73.6. The van der Waals surface area contributed by atoms with Crippen LogP contribution in [0, 0.1) is 6.92 Å². The number of ether oxygens (including phenoxy) is 2. The fourth-order valence-corrected chi connectivity index (χ4v) is 6.58. The maximum absolute atomic E-state index is 13.3. The molecule has 1 unspecified atom stereocenters. The molecule has 4 aromatic rings. The second-order valence-electron chi connectivity index (χ2n) is 10.3. The molecule has 0 bridgehead atoms. The lowest BCUT2D eigenvalue weighted by atomic mass is 10.0. The standard InChI is InChI=1S/C32H26N4O10S2/c1-18-23(45-32(41)44-18)13-42-31(40)21-12-36-29(39)26(30(36)48-15-21)34-28(38)25(22-16-47-17-33-22)35-43-14-24(37)46-27(19-8-4-2-5-9-19)20-10-6-3-7-11-20/h2-12,16-17,26-27,30H,13-15H2,1H3,(H,34,38)/t26?,30-/m1/s1. The lowest BCUT2D eigenvalue weighted by Crippen LogP contribution is -2.69. The van der Waals surface area contributed by atoms with Crippen molar-refractivity contribution >= 4 is 52.6 Å². The third-order valence-electron chi connectivity index (χ3n) is 7.19. The normalized spacial score (nSPS) is 17.2. The predicted octanol–water partition coefficient (Wildman–Crippen LogP) is 3.08. The Bertz CT molecular complexity index is 1880. The summed E-state index contributed by atoms with van der Waals surface area (Å²) in [5, 5.41) is 7.63. The SMILES string of the molecule is Cc1oc(=O)oc1COC(=O)C1=CN2C(=O)C(NC(=O)C(=NOCC(=O)OC(c3ccccc3)c3ccccc3)c3cscn3)[C@H]2SC1. The van der Waals surface area contributed by atoms with Crippen LogP contribution in [-0.4, -0.2) is 63.1 Å². The summed E-state index contributed by atoms with van der Waals surface area (Å²) in [7, 11) is 0. The van der Waals surface area contributed by atoms with Gasteiger partial charge in [-0.05, 0) is 18.1 Å². The van der Waals surface area contributed by atoms with Gasteiger partial charge in [-0.15, -0.1) is 23.1 Å². The molecule has 16 heteroatoms. The minimum atomic E-state index is -0.925. The molecule has 1 saturated heterocycles. The van der Waals surface area contributed by atoms with E-state index in [1.807, 2.05) is 60.7 Å². The molecule has 0 spiro atoms. The first kappa shape index (κ1) is 32.5.